The third-order valence-corrected chi connectivity index (χ3v) is 14.0. The van der Waals surface area contributed by atoms with Crippen LogP contribution in [0.1, 0.15) is 23.6 Å². The van der Waals surface area contributed by atoms with Crippen LogP contribution in [-0.2, 0) is 5.41 Å². The van der Waals surface area contributed by atoms with Crippen molar-refractivity contribution in [1.29, 1.82) is 0 Å². The Bertz CT molecular complexity index is 3640. The lowest BCUT2D eigenvalue weighted by Crippen LogP contribution is -2.22. The van der Waals surface area contributed by atoms with Gasteiger partial charge in [-0.15, -0.1) is 0 Å². The molecule has 0 radical (unpaired) electrons. The maximum absolute atomic E-state index is 3.89. The van der Waals surface area contributed by atoms with Gasteiger partial charge < -0.3 is 9.88 Å². The van der Waals surface area contributed by atoms with Gasteiger partial charge in [0, 0.05) is 44.3 Å². The molecule has 10 aromatic carbocycles. The molecule has 300 valence electrons. The fourth-order valence-corrected chi connectivity index (χ4v) is 11.0. The second kappa shape index (κ2) is 14.2. The van der Waals surface area contributed by atoms with Gasteiger partial charge in [0.2, 0.25) is 0 Å². The second-order valence-electron chi connectivity index (χ2n) is 17.4. The lowest BCUT2D eigenvalue weighted by Gasteiger charge is -2.30. The maximum atomic E-state index is 3.89. The van der Waals surface area contributed by atoms with E-state index in [1.54, 1.807) is 0 Å². The predicted molar refractivity (Wildman–Crippen MR) is 269 cm³/mol. The van der Waals surface area contributed by atoms with E-state index < -0.39 is 5.41 Å². The maximum Gasteiger partial charge on any atom is 0.0623 e. The average Bonchev–Trinajstić information content (AvgIpc) is 3.79. The molecule has 64 heavy (non-hydrogen) atoms. The summed E-state index contributed by atoms with van der Waals surface area (Å²) in [4.78, 5) is 0. The van der Waals surface area contributed by atoms with Crippen molar-refractivity contribution in [1.82, 2.24) is 4.57 Å². The van der Waals surface area contributed by atoms with E-state index in [1.807, 2.05) is 0 Å². The van der Waals surface area contributed by atoms with Gasteiger partial charge in [-0.1, -0.05) is 188 Å². The number of nitrogens with one attached hydrogen (secondary N) is 1. The number of benzene rings is 10. The Kier molecular flexibility index (Phi) is 8.07. The molecule has 1 N–H and O–H groups in total. The summed E-state index contributed by atoms with van der Waals surface area (Å²) in [6, 6.07) is 84.8. The summed E-state index contributed by atoms with van der Waals surface area (Å²) in [6.45, 7) is 2.45. The van der Waals surface area contributed by atoms with Crippen LogP contribution in [0.4, 0.5) is 11.4 Å². The topological polar surface area (TPSA) is 17.0 Å². The summed E-state index contributed by atoms with van der Waals surface area (Å²) >= 11 is 0. The van der Waals surface area contributed by atoms with Crippen LogP contribution < -0.4 is 5.32 Å². The fraction of sp³-hybridized carbons (Fsp3) is 0.0323. The molecule has 2 heterocycles. The van der Waals surface area contributed by atoms with Crippen molar-refractivity contribution in [2.45, 2.75) is 12.3 Å². The Morgan fingerprint density at radius 3 is 1.80 bits per heavy atom. The van der Waals surface area contributed by atoms with Crippen LogP contribution in [0.3, 0.4) is 0 Å². The third kappa shape index (κ3) is 5.39. The van der Waals surface area contributed by atoms with E-state index in [2.05, 4.69) is 247 Å². The molecule has 2 aliphatic rings. The monoisotopic (exact) mass is 814 g/mol. The van der Waals surface area contributed by atoms with Crippen LogP contribution in [0.15, 0.2) is 231 Å². The summed E-state index contributed by atoms with van der Waals surface area (Å²) in [6.07, 6.45) is 0. The first-order chi connectivity index (χ1) is 31.6. The molecule has 1 unspecified atom stereocenters. The molecule has 0 fully saturated rings. The van der Waals surface area contributed by atoms with Gasteiger partial charge in [-0.05, 0) is 116 Å². The van der Waals surface area contributed by atoms with Crippen LogP contribution in [0.25, 0.3) is 94.3 Å². The smallest absolute Gasteiger partial charge is 0.0623 e. The van der Waals surface area contributed by atoms with Crippen molar-refractivity contribution in [3.63, 3.8) is 0 Å². The number of aromatic nitrogens is 1. The van der Waals surface area contributed by atoms with E-state index in [1.165, 1.54) is 105 Å². The zero-order valence-corrected chi connectivity index (χ0v) is 35.4. The molecule has 0 saturated heterocycles. The van der Waals surface area contributed by atoms with E-state index in [0.717, 1.165) is 16.9 Å². The van der Waals surface area contributed by atoms with E-state index in [0.29, 0.717) is 0 Å². The van der Waals surface area contributed by atoms with Gasteiger partial charge in [0.05, 0.1) is 16.7 Å². The summed E-state index contributed by atoms with van der Waals surface area (Å²) in [5.74, 6) is 0. The number of hydrogen-bond donors (Lipinski definition) is 1. The highest BCUT2D eigenvalue weighted by atomic mass is 15.0. The molecule has 0 spiro atoms. The Hall–Kier alpha value is -8.20. The molecule has 1 aliphatic heterocycles. The minimum atomic E-state index is -0.409. The molecule has 13 rings (SSSR count). The first-order valence-electron chi connectivity index (χ1n) is 22.3. The highest BCUT2D eigenvalue weighted by Gasteiger charge is 2.45. The van der Waals surface area contributed by atoms with Crippen molar-refractivity contribution in [2.75, 3.05) is 5.32 Å². The van der Waals surface area contributed by atoms with Crippen molar-refractivity contribution >= 4 is 33.2 Å². The second-order valence-corrected chi connectivity index (χ2v) is 17.4. The van der Waals surface area contributed by atoms with Crippen LogP contribution in [0, 0.1) is 0 Å². The summed E-state index contributed by atoms with van der Waals surface area (Å²) < 4.78 is 2.56. The molecule has 1 aromatic heterocycles. The van der Waals surface area contributed by atoms with Crippen LogP contribution >= 0.6 is 0 Å². The van der Waals surface area contributed by atoms with Crippen molar-refractivity contribution in [3.05, 3.63) is 247 Å². The highest BCUT2D eigenvalue weighted by molar-refractivity contribution is 6.20. The number of fused-ring (bicyclic) bond motifs is 6. The van der Waals surface area contributed by atoms with Crippen LogP contribution in [0.2, 0.25) is 0 Å². The van der Waals surface area contributed by atoms with E-state index in [-0.39, 0.29) is 0 Å². The van der Waals surface area contributed by atoms with E-state index in [9.17, 15) is 0 Å². The standard InChI is InChI=1S/C62H42N2/c1-62(46-25-15-23-43(37-46)40-17-5-2-6-18-40)53-34-32-48(58-51-28-12-14-30-57(51)64-56-29-13-11-27-49(56)50-33-35-54(62)60(59(53)58)61(50)64)45-24-16-26-47(38-45)63-55-36-31-44(41-19-7-3-8-20-41)39-52(55)42-21-9-4-10-22-42/h2-39,63H,1H3. The predicted octanol–water partition coefficient (Wildman–Crippen LogP) is 16.5. The largest absolute Gasteiger partial charge is 0.355 e. The van der Waals surface area contributed by atoms with E-state index in [4.69, 9.17) is 0 Å². The molecule has 0 saturated carbocycles. The first kappa shape index (κ1) is 36.5. The number of hydrogen-bond acceptors (Lipinski definition) is 1. The zero-order valence-electron chi connectivity index (χ0n) is 35.4. The number of para-hydroxylation sites is 2. The summed E-state index contributed by atoms with van der Waals surface area (Å²) in [5, 5.41) is 6.45. The number of anilines is 2. The van der Waals surface area contributed by atoms with Gasteiger partial charge in [0.25, 0.3) is 0 Å². The molecular weight excluding hydrogens is 773 g/mol. The minimum absolute atomic E-state index is 0.409. The summed E-state index contributed by atoms with van der Waals surface area (Å²) in [7, 11) is 0. The Morgan fingerprint density at radius 2 is 1.00 bits per heavy atom. The van der Waals surface area contributed by atoms with Crippen molar-refractivity contribution in [2.24, 2.45) is 0 Å². The fourth-order valence-electron chi connectivity index (χ4n) is 11.0. The third-order valence-electron chi connectivity index (χ3n) is 14.0. The quantitative estimate of drug-likeness (QED) is 0.170. The van der Waals surface area contributed by atoms with Gasteiger partial charge in [-0.3, -0.25) is 0 Å². The molecule has 2 heteroatoms. The Balaban J connectivity index is 1.03. The zero-order chi connectivity index (χ0) is 42.4. The minimum Gasteiger partial charge on any atom is -0.355 e. The van der Waals surface area contributed by atoms with Crippen molar-refractivity contribution < 1.29 is 0 Å². The highest BCUT2D eigenvalue weighted by Crippen LogP contribution is 2.61. The van der Waals surface area contributed by atoms with Gasteiger partial charge >= 0.3 is 0 Å². The number of rotatable bonds is 7. The Labute approximate surface area is 373 Å². The van der Waals surface area contributed by atoms with Gasteiger partial charge in [0.15, 0.2) is 0 Å². The SMILES string of the molecule is CC1(c2cccc(-c3ccccc3)c2)c2ccc(-c3cccc(Nc4ccc(-c5ccccc5)cc4-c4ccccc4)c3)c3c2-c2c1ccc1c4ccccc4n(c21)-c1ccccc1-3. The van der Waals surface area contributed by atoms with Gasteiger partial charge in [0.1, 0.15) is 0 Å². The van der Waals surface area contributed by atoms with Crippen LogP contribution in [-0.4, -0.2) is 4.57 Å². The normalized spacial score (nSPS) is 14.4. The Morgan fingerprint density at radius 1 is 0.375 bits per heavy atom. The number of nitrogens with zero attached hydrogens (tertiary/aromatic N) is 1. The molecule has 0 bridgehead atoms. The molecule has 2 nitrogen and oxygen atoms in total. The van der Waals surface area contributed by atoms with Gasteiger partial charge in [-0.2, -0.15) is 0 Å². The summed E-state index contributed by atoms with van der Waals surface area (Å²) in [5.41, 5.74) is 24.2. The molecule has 0 amide bonds. The lowest BCUT2D eigenvalue weighted by atomic mass is 9.73. The van der Waals surface area contributed by atoms with Gasteiger partial charge in [-0.25, -0.2) is 0 Å². The van der Waals surface area contributed by atoms with E-state index >= 15 is 0 Å². The molecule has 1 aliphatic carbocycles. The first-order valence-corrected chi connectivity index (χ1v) is 22.3. The molecule has 1 atom stereocenters. The molecular formula is C62H42N2. The molecule has 11 aromatic rings. The van der Waals surface area contributed by atoms with Crippen LogP contribution in [0.5, 0.6) is 0 Å². The average molecular weight is 815 g/mol. The lowest BCUT2D eigenvalue weighted by molar-refractivity contribution is 0.714. The van der Waals surface area contributed by atoms with Crippen molar-refractivity contribution in [3.8, 4) is 72.4 Å².